The summed E-state index contributed by atoms with van der Waals surface area (Å²) in [6.45, 7) is 3.96. The Kier molecular flexibility index (Phi) is 4.95. The van der Waals surface area contributed by atoms with Gasteiger partial charge in [-0.1, -0.05) is 0 Å². The van der Waals surface area contributed by atoms with Crippen molar-refractivity contribution in [3.8, 4) is 0 Å². The monoisotopic (exact) mass is 324 g/mol. The molecule has 7 heteroatoms. The maximum atomic E-state index is 12.4. The summed E-state index contributed by atoms with van der Waals surface area (Å²) in [5.41, 5.74) is 6.29. The quantitative estimate of drug-likeness (QED) is 0.868. The molecular weight excluding hydrogens is 300 g/mol. The summed E-state index contributed by atoms with van der Waals surface area (Å²) in [7, 11) is 0. The Bertz CT molecular complexity index is 513. The zero-order valence-electron chi connectivity index (χ0n) is 12.8. The number of likely N-dealkylation sites (tertiary alicyclic amines) is 2. The molecule has 6 nitrogen and oxygen atoms in total. The highest BCUT2D eigenvalue weighted by Crippen LogP contribution is 2.25. The van der Waals surface area contributed by atoms with Gasteiger partial charge < -0.3 is 15.7 Å². The Labute approximate surface area is 135 Å². The predicted molar refractivity (Wildman–Crippen MR) is 86.8 cm³/mol. The van der Waals surface area contributed by atoms with Gasteiger partial charge in [0.15, 0.2) is 0 Å². The minimum Gasteiger partial charge on any atom is -0.396 e. The second kappa shape index (κ2) is 6.93. The molecule has 0 spiro atoms. The van der Waals surface area contributed by atoms with Crippen LogP contribution in [0.1, 0.15) is 36.0 Å². The Morgan fingerprint density at radius 1 is 1.36 bits per heavy atom. The SMILES string of the molecule is Nc1nscc1C(=O)N1CCC(N2CCC[C@H](CO)C2)CC1. The number of rotatable bonds is 3. The fourth-order valence-electron chi connectivity index (χ4n) is 3.59. The number of aromatic nitrogens is 1. The molecular formula is C15H24N4O2S. The molecule has 0 bridgehead atoms. The number of hydrogen-bond acceptors (Lipinski definition) is 6. The fourth-order valence-corrected chi connectivity index (χ4v) is 4.18. The summed E-state index contributed by atoms with van der Waals surface area (Å²) < 4.78 is 3.98. The van der Waals surface area contributed by atoms with Crippen LogP contribution in [0.2, 0.25) is 0 Å². The average Bonchev–Trinajstić information content (AvgIpc) is 3.00. The lowest BCUT2D eigenvalue weighted by Crippen LogP contribution is -2.50. The van der Waals surface area contributed by atoms with E-state index in [-0.39, 0.29) is 12.5 Å². The smallest absolute Gasteiger partial charge is 0.258 e. The summed E-state index contributed by atoms with van der Waals surface area (Å²) in [6, 6.07) is 0.538. The first-order valence-corrected chi connectivity index (χ1v) is 8.86. The van der Waals surface area contributed by atoms with E-state index in [2.05, 4.69) is 9.27 Å². The molecule has 1 atom stereocenters. The van der Waals surface area contributed by atoms with Crippen molar-refractivity contribution >= 4 is 23.3 Å². The normalized spacial score (nSPS) is 24.6. The van der Waals surface area contributed by atoms with Crippen molar-refractivity contribution in [1.82, 2.24) is 14.2 Å². The molecule has 0 aromatic carbocycles. The standard InChI is InChI=1S/C15H24N4O2S/c16-14-13(10-22-17-14)15(21)18-6-3-12(4-7-18)19-5-1-2-11(8-19)9-20/h10-12,20H,1-9H2,(H2,16,17)/t11-/m0/s1. The molecule has 3 N–H and O–H groups in total. The van der Waals surface area contributed by atoms with E-state index in [1.165, 1.54) is 18.0 Å². The predicted octanol–water partition coefficient (Wildman–Crippen LogP) is 1.03. The maximum absolute atomic E-state index is 12.4. The van der Waals surface area contributed by atoms with Gasteiger partial charge in [0.1, 0.15) is 5.82 Å². The molecule has 0 saturated carbocycles. The van der Waals surface area contributed by atoms with Crippen LogP contribution in [0.15, 0.2) is 5.38 Å². The van der Waals surface area contributed by atoms with Gasteiger partial charge in [-0.2, -0.15) is 4.37 Å². The van der Waals surface area contributed by atoms with E-state index in [1.54, 1.807) is 5.38 Å². The third-order valence-corrected chi connectivity index (χ3v) is 5.55. The summed E-state index contributed by atoms with van der Waals surface area (Å²) in [6.07, 6.45) is 4.30. The first kappa shape index (κ1) is 15.7. The van der Waals surface area contributed by atoms with Crippen molar-refractivity contribution in [2.75, 3.05) is 38.5 Å². The van der Waals surface area contributed by atoms with E-state index in [0.717, 1.165) is 45.4 Å². The first-order valence-electron chi connectivity index (χ1n) is 8.03. The van der Waals surface area contributed by atoms with Gasteiger partial charge >= 0.3 is 0 Å². The van der Waals surface area contributed by atoms with Crippen LogP contribution in [-0.4, -0.2) is 64.0 Å². The van der Waals surface area contributed by atoms with E-state index < -0.39 is 0 Å². The van der Waals surface area contributed by atoms with Crippen molar-refractivity contribution < 1.29 is 9.90 Å². The lowest BCUT2D eigenvalue weighted by molar-refractivity contribution is 0.0456. The number of nitrogens with two attached hydrogens (primary N) is 1. The van der Waals surface area contributed by atoms with Crippen LogP contribution >= 0.6 is 11.5 Å². The topological polar surface area (TPSA) is 82.7 Å². The number of carbonyl (C=O) groups excluding carboxylic acids is 1. The molecule has 0 unspecified atom stereocenters. The third-order valence-electron chi connectivity index (χ3n) is 4.90. The molecule has 1 aromatic heterocycles. The van der Waals surface area contributed by atoms with Gasteiger partial charge in [0.2, 0.25) is 0 Å². The molecule has 1 aromatic rings. The highest BCUT2D eigenvalue weighted by atomic mass is 32.1. The van der Waals surface area contributed by atoms with Crippen LogP contribution in [0.3, 0.4) is 0 Å². The van der Waals surface area contributed by atoms with Gasteiger partial charge in [0.25, 0.3) is 5.91 Å². The van der Waals surface area contributed by atoms with Crippen molar-refractivity contribution in [3.05, 3.63) is 10.9 Å². The summed E-state index contributed by atoms with van der Waals surface area (Å²) in [4.78, 5) is 16.8. The highest BCUT2D eigenvalue weighted by Gasteiger charge is 2.30. The van der Waals surface area contributed by atoms with Gasteiger partial charge in [-0.25, -0.2) is 0 Å². The molecule has 1 amide bonds. The highest BCUT2D eigenvalue weighted by molar-refractivity contribution is 7.04. The van der Waals surface area contributed by atoms with Gasteiger partial charge in [-0.15, -0.1) is 0 Å². The zero-order chi connectivity index (χ0) is 15.5. The fraction of sp³-hybridized carbons (Fsp3) is 0.733. The number of amides is 1. The summed E-state index contributed by atoms with van der Waals surface area (Å²) in [5.74, 6) is 0.778. The Morgan fingerprint density at radius 2 is 2.14 bits per heavy atom. The second-order valence-electron chi connectivity index (χ2n) is 6.32. The molecule has 22 heavy (non-hydrogen) atoms. The number of piperidine rings is 2. The van der Waals surface area contributed by atoms with Gasteiger partial charge in [0.05, 0.1) is 5.56 Å². The lowest BCUT2D eigenvalue weighted by atomic mass is 9.94. The number of aliphatic hydroxyl groups is 1. The molecule has 3 heterocycles. The number of hydrogen-bond donors (Lipinski definition) is 2. The van der Waals surface area contributed by atoms with E-state index in [9.17, 15) is 9.90 Å². The van der Waals surface area contributed by atoms with Crippen LogP contribution in [-0.2, 0) is 0 Å². The zero-order valence-corrected chi connectivity index (χ0v) is 13.6. The first-order chi connectivity index (χ1) is 10.7. The number of aliphatic hydroxyl groups excluding tert-OH is 1. The number of nitrogens with zero attached hydrogens (tertiary/aromatic N) is 3. The van der Waals surface area contributed by atoms with Gasteiger partial charge in [-0.05, 0) is 49.7 Å². The Balaban J connectivity index is 1.54. The molecule has 0 aliphatic carbocycles. The molecule has 2 aliphatic heterocycles. The minimum atomic E-state index is 0.0107. The number of anilines is 1. The van der Waals surface area contributed by atoms with Gasteiger partial charge in [0, 0.05) is 37.7 Å². The van der Waals surface area contributed by atoms with Gasteiger partial charge in [-0.3, -0.25) is 9.69 Å². The maximum Gasteiger partial charge on any atom is 0.258 e. The van der Waals surface area contributed by atoms with Crippen molar-refractivity contribution in [2.24, 2.45) is 5.92 Å². The van der Waals surface area contributed by atoms with E-state index in [4.69, 9.17) is 5.73 Å². The molecule has 122 valence electrons. The molecule has 2 fully saturated rings. The molecule has 2 aliphatic rings. The lowest BCUT2D eigenvalue weighted by Gasteiger charge is -2.42. The summed E-state index contributed by atoms with van der Waals surface area (Å²) in [5, 5.41) is 11.1. The van der Waals surface area contributed by atoms with Crippen LogP contribution in [0, 0.1) is 5.92 Å². The van der Waals surface area contributed by atoms with Crippen LogP contribution in [0.4, 0.5) is 5.82 Å². The number of nitrogen functional groups attached to an aromatic ring is 1. The van der Waals surface area contributed by atoms with Crippen molar-refractivity contribution in [1.29, 1.82) is 0 Å². The van der Waals surface area contributed by atoms with Crippen molar-refractivity contribution in [2.45, 2.75) is 31.7 Å². The van der Waals surface area contributed by atoms with E-state index in [1.807, 2.05) is 4.90 Å². The van der Waals surface area contributed by atoms with Crippen LogP contribution in [0.5, 0.6) is 0 Å². The minimum absolute atomic E-state index is 0.0107. The van der Waals surface area contributed by atoms with Crippen molar-refractivity contribution in [3.63, 3.8) is 0 Å². The Hall–Kier alpha value is -1.18. The second-order valence-corrected chi connectivity index (χ2v) is 6.95. The largest absolute Gasteiger partial charge is 0.396 e. The molecule has 2 saturated heterocycles. The number of carbonyl (C=O) groups is 1. The Morgan fingerprint density at radius 3 is 2.77 bits per heavy atom. The average molecular weight is 324 g/mol. The third kappa shape index (κ3) is 3.26. The van der Waals surface area contributed by atoms with Crippen LogP contribution in [0.25, 0.3) is 0 Å². The van der Waals surface area contributed by atoms with E-state index in [0.29, 0.717) is 23.3 Å². The summed E-state index contributed by atoms with van der Waals surface area (Å²) >= 11 is 1.23. The van der Waals surface area contributed by atoms with Crippen LogP contribution < -0.4 is 5.73 Å². The molecule has 3 rings (SSSR count). The molecule has 0 radical (unpaired) electrons. The van der Waals surface area contributed by atoms with E-state index >= 15 is 0 Å².